The van der Waals surface area contributed by atoms with Gasteiger partial charge in [0.05, 0.1) is 0 Å². The molecule has 14 heavy (non-hydrogen) atoms. The van der Waals surface area contributed by atoms with Gasteiger partial charge in [0.25, 0.3) is 5.91 Å². The molecule has 0 saturated carbocycles. The zero-order valence-electron chi connectivity index (χ0n) is 8.11. The largest absolute Gasteiger partial charge is 0.354 e. The molecule has 4 heteroatoms. The standard InChI is InChI=1S/C10H11N3O/c1-12-10(14)8(7-11)6-9-4-3-5-13(9)2/h3-6H,1-2H3,(H,12,14)/b8-6-. The highest BCUT2D eigenvalue weighted by Gasteiger charge is 2.06. The molecule has 0 spiro atoms. The summed E-state index contributed by atoms with van der Waals surface area (Å²) in [6.45, 7) is 0. The Bertz CT molecular complexity index is 409. The van der Waals surface area contributed by atoms with Crippen LogP contribution in [0.15, 0.2) is 23.9 Å². The van der Waals surface area contributed by atoms with Crippen LogP contribution in [0, 0.1) is 11.3 Å². The molecule has 1 aromatic heterocycles. The summed E-state index contributed by atoms with van der Waals surface area (Å²) in [4.78, 5) is 11.2. The first-order chi connectivity index (χ1) is 6.69. The van der Waals surface area contributed by atoms with Gasteiger partial charge >= 0.3 is 0 Å². The predicted octanol–water partition coefficient (Wildman–Crippen LogP) is 0.678. The summed E-state index contributed by atoms with van der Waals surface area (Å²) in [5.74, 6) is -0.367. The number of likely N-dealkylation sites (N-methyl/N-ethyl adjacent to an activating group) is 1. The first-order valence-corrected chi connectivity index (χ1v) is 4.14. The molecule has 0 aromatic carbocycles. The number of rotatable bonds is 2. The van der Waals surface area contributed by atoms with Crippen molar-refractivity contribution in [2.24, 2.45) is 7.05 Å². The lowest BCUT2D eigenvalue weighted by Gasteiger charge is -1.98. The summed E-state index contributed by atoms with van der Waals surface area (Å²) in [5.41, 5.74) is 0.930. The van der Waals surface area contributed by atoms with Gasteiger partial charge in [0.2, 0.25) is 0 Å². The maximum atomic E-state index is 11.2. The van der Waals surface area contributed by atoms with Gasteiger partial charge in [-0.1, -0.05) is 0 Å². The molecule has 0 aliphatic carbocycles. The number of amides is 1. The Hall–Kier alpha value is -2.02. The molecule has 0 atom stereocenters. The molecule has 1 aromatic rings. The molecule has 72 valence electrons. The van der Waals surface area contributed by atoms with Crippen molar-refractivity contribution in [1.82, 2.24) is 9.88 Å². The van der Waals surface area contributed by atoms with Gasteiger partial charge in [-0.05, 0) is 18.2 Å². The van der Waals surface area contributed by atoms with Crippen molar-refractivity contribution in [1.29, 1.82) is 5.26 Å². The maximum absolute atomic E-state index is 11.2. The Morgan fingerprint density at radius 2 is 2.43 bits per heavy atom. The zero-order valence-corrected chi connectivity index (χ0v) is 8.11. The number of nitrogens with one attached hydrogen (secondary N) is 1. The Morgan fingerprint density at radius 1 is 1.71 bits per heavy atom. The Morgan fingerprint density at radius 3 is 2.86 bits per heavy atom. The summed E-state index contributed by atoms with van der Waals surface area (Å²) in [7, 11) is 3.35. The van der Waals surface area contributed by atoms with E-state index in [0.29, 0.717) is 0 Å². The minimum atomic E-state index is -0.367. The third-order valence-electron chi connectivity index (χ3n) is 1.87. The van der Waals surface area contributed by atoms with Crippen LogP contribution >= 0.6 is 0 Å². The minimum absolute atomic E-state index is 0.106. The van der Waals surface area contributed by atoms with Gasteiger partial charge in [0.15, 0.2) is 0 Å². The SMILES string of the molecule is CNC(=O)/C(C#N)=C\c1cccn1C. The predicted molar refractivity (Wildman–Crippen MR) is 53.1 cm³/mol. The second-order valence-corrected chi connectivity index (χ2v) is 2.79. The molecule has 1 N–H and O–H groups in total. The van der Waals surface area contributed by atoms with E-state index in [0.717, 1.165) is 5.69 Å². The fourth-order valence-corrected chi connectivity index (χ4v) is 1.06. The number of hydrogen-bond donors (Lipinski definition) is 1. The first kappa shape index (κ1) is 10.1. The average molecular weight is 189 g/mol. The fraction of sp³-hybridized carbons (Fsp3) is 0.200. The minimum Gasteiger partial charge on any atom is -0.354 e. The lowest BCUT2D eigenvalue weighted by atomic mass is 10.2. The van der Waals surface area contributed by atoms with E-state index in [1.54, 1.807) is 6.08 Å². The van der Waals surface area contributed by atoms with Gasteiger partial charge in [-0.2, -0.15) is 5.26 Å². The van der Waals surface area contributed by atoms with Crippen molar-refractivity contribution in [3.63, 3.8) is 0 Å². The van der Waals surface area contributed by atoms with Crippen LogP contribution < -0.4 is 5.32 Å². The van der Waals surface area contributed by atoms with Gasteiger partial charge in [-0.25, -0.2) is 0 Å². The van der Waals surface area contributed by atoms with E-state index < -0.39 is 0 Å². The molecule has 1 rings (SSSR count). The summed E-state index contributed by atoms with van der Waals surface area (Å²) >= 11 is 0. The molecule has 1 heterocycles. The summed E-state index contributed by atoms with van der Waals surface area (Å²) in [6.07, 6.45) is 3.41. The van der Waals surface area contributed by atoms with E-state index in [-0.39, 0.29) is 11.5 Å². The molecule has 0 aliphatic heterocycles. The fourth-order valence-electron chi connectivity index (χ4n) is 1.06. The van der Waals surface area contributed by atoms with Crippen LogP contribution in [0.4, 0.5) is 0 Å². The Labute approximate surface area is 82.5 Å². The molecular formula is C10H11N3O. The zero-order chi connectivity index (χ0) is 10.6. The highest BCUT2D eigenvalue weighted by atomic mass is 16.1. The number of carbonyl (C=O) groups excluding carboxylic acids is 1. The summed E-state index contributed by atoms with van der Waals surface area (Å²) < 4.78 is 1.83. The molecule has 0 radical (unpaired) electrons. The van der Waals surface area contributed by atoms with Crippen molar-refractivity contribution < 1.29 is 4.79 Å². The van der Waals surface area contributed by atoms with Gasteiger partial charge in [-0.15, -0.1) is 0 Å². The third kappa shape index (κ3) is 2.02. The second kappa shape index (κ2) is 4.28. The van der Waals surface area contributed by atoms with E-state index in [1.807, 2.05) is 36.0 Å². The number of carbonyl (C=O) groups is 1. The topological polar surface area (TPSA) is 57.8 Å². The maximum Gasteiger partial charge on any atom is 0.261 e. The highest BCUT2D eigenvalue weighted by molar-refractivity contribution is 6.01. The monoisotopic (exact) mass is 189 g/mol. The highest BCUT2D eigenvalue weighted by Crippen LogP contribution is 2.06. The molecule has 0 saturated heterocycles. The number of nitriles is 1. The van der Waals surface area contributed by atoms with E-state index in [4.69, 9.17) is 5.26 Å². The van der Waals surface area contributed by atoms with Crippen LogP contribution in [0.25, 0.3) is 6.08 Å². The van der Waals surface area contributed by atoms with Crippen LogP contribution in [0.1, 0.15) is 5.69 Å². The van der Waals surface area contributed by atoms with Crippen LogP contribution in [0.2, 0.25) is 0 Å². The lowest BCUT2D eigenvalue weighted by Crippen LogP contribution is -2.19. The van der Waals surface area contributed by atoms with Gasteiger partial charge in [0.1, 0.15) is 11.6 Å². The molecule has 0 fully saturated rings. The van der Waals surface area contributed by atoms with E-state index >= 15 is 0 Å². The molecule has 1 amide bonds. The van der Waals surface area contributed by atoms with Gasteiger partial charge in [0, 0.05) is 26.0 Å². The normalized spacial score (nSPS) is 10.8. The van der Waals surface area contributed by atoms with E-state index in [1.165, 1.54) is 7.05 Å². The number of hydrogen-bond acceptors (Lipinski definition) is 2. The third-order valence-corrected chi connectivity index (χ3v) is 1.87. The summed E-state index contributed by atoms with van der Waals surface area (Å²) in [5, 5.41) is 11.1. The van der Waals surface area contributed by atoms with Crippen LogP contribution in [-0.4, -0.2) is 17.5 Å². The van der Waals surface area contributed by atoms with E-state index in [2.05, 4.69) is 5.32 Å². The van der Waals surface area contributed by atoms with Crippen molar-refractivity contribution in [2.45, 2.75) is 0 Å². The lowest BCUT2D eigenvalue weighted by molar-refractivity contribution is -0.116. The van der Waals surface area contributed by atoms with Crippen LogP contribution in [0.5, 0.6) is 0 Å². The van der Waals surface area contributed by atoms with Gasteiger partial charge < -0.3 is 9.88 Å². The Balaban J connectivity index is 3.03. The number of nitrogens with zero attached hydrogens (tertiary/aromatic N) is 2. The first-order valence-electron chi connectivity index (χ1n) is 4.14. The molecule has 0 aliphatic rings. The van der Waals surface area contributed by atoms with E-state index in [9.17, 15) is 4.79 Å². The quantitative estimate of drug-likeness (QED) is 0.549. The molecule has 0 bridgehead atoms. The number of aromatic nitrogens is 1. The smallest absolute Gasteiger partial charge is 0.261 e. The van der Waals surface area contributed by atoms with Crippen LogP contribution in [-0.2, 0) is 11.8 Å². The molecule has 4 nitrogen and oxygen atoms in total. The van der Waals surface area contributed by atoms with Gasteiger partial charge in [-0.3, -0.25) is 4.79 Å². The van der Waals surface area contributed by atoms with Crippen molar-refractivity contribution in [3.8, 4) is 6.07 Å². The summed E-state index contributed by atoms with van der Waals surface area (Å²) in [6, 6.07) is 5.54. The van der Waals surface area contributed by atoms with Crippen molar-refractivity contribution >= 4 is 12.0 Å². The average Bonchev–Trinajstić information content (AvgIpc) is 2.59. The second-order valence-electron chi connectivity index (χ2n) is 2.79. The van der Waals surface area contributed by atoms with Crippen molar-refractivity contribution in [2.75, 3.05) is 7.05 Å². The Kier molecular flexibility index (Phi) is 3.08. The molecular weight excluding hydrogens is 178 g/mol. The molecule has 0 unspecified atom stereocenters. The number of aryl methyl sites for hydroxylation is 1. The van der Waals surface area contributed by atoms with Crippen LogP contribution in [0.3, 0.4) is 0 Å². The van der Waals surface area contributed by atoms with Crippen molar-refractivity contribution in [3.05, 3.63) is 29.6 Å².